The molecule has 2 aromatic carbocycles. The van der Waals surface area contributed by atoms with E-state index in [0.717, 1.165) is 10.9 Å². The predicted molar refractivity (Wildman–Crippen MR) is 77.7 cm³/mol. The summed E-state index contributed by atoms with van der Waals surface area (Å²) in [5.74, 6) is 0. The van der Waals surface area contributed by atoms with E-state index in [1.165, 1.54) is 33.3 Å². The van der Waals surface area contributed by atoms with Gasteiger partial charge in [0, 0.05) is 13.5 Å². The third-order valence-electron chi connectivity index (χ3n) is 3.83. The van der Waals surface area contributed by atoms with E-state index in [1.54, 1.807) is 0 Å². The molecule has 6 heteroatoms. The molecule has 1 heterocycles. The van der Waals surface area contributed by atoms with E-state index < -0.39 is 0 Å². The first-order chi connectivity index (χ1) is 8.75. The van der Waals surface area contributed by atoms with Crippen molar-refractivity contribution in [3.63, 3.8) is 0 Å². The number of nitrogens with zero attached hydrogens (tertiary/aromatic N) is 1. The second-order valence-corrected chi connectivity index (χ2v) is 5.71. The Hall–Kier alpha value is 0.213. The number of aryl methyl sites for hydroxylation is 1. The van der Waals surface area contributed by atoms with Crippen molar-refractivity contribution in [2.75, 3.05) is 0 Å². The number of halogens is 4. The monoisotopic (exact) mass is 491 g/mol. The van der Waals surface area contributed by atoms with Gasteiger partial charge in [-0.25, -0.2) is 0 Å². The maximum atomic E-state index is 3.53. The van der Waals surface area contributed by atoms with E-state index in [2.05, 4.69) is 63.9 Å². The fourth-order valence-corrected chi connectivity index (χ4v) is 3.31. The standard InChI is InChI=1S/C16H11BrN.3ClH.Zr/c1-18-14-9-11(17)6-7-13(14)16-12-5-3-2-4-10(12)8-15(16)18;;;;/h2-6,9H,8H2,1H3;3*1H;/q-1;;;;+4/p-3. The van der Waals surface area contributed by atoms with Crippen molar-refractivity contribution in [1.29, 1.82) is 0 Å². The average Bonchev–Trinajstić information content (AvgIpc) is 2.87. The number of rotatable bonds is 0. The number of aromatic nitrogens is 1. The van der Waals surface area contributed by atoms with Gasteiger partial charge in [0.1, 0.15) is 0 Å². The Morgan fingerprint density at radius 3 is 2.55 bits per heavy atom. The molecule has 0 N–H and O–H groups in total. The van der Waals surface area contributed by atoms with Crippen LogP contribution in [0.1, 0.15) is 11.3 Å². The van der Waals surface area contributed by atoms with Crippen LogP contribution in [0.5, 0.6) is 0 Å². The maximum Gasteiger partial charge on any atom is 4.00 e. The molecule has 1 aromatic heterocycles. The molecule has 0 saturated heterocycles. The van der Waals surface area contributed by atoms with Gasteiger partial charge in [0.25, 0.3) is 0 Å². The van der Waals surface area contributed by atoms with Crippen molar-refractivity contribution < 1.29 is 63.4 Å². The average molecular weight is 495 g/mol. The van der Waals surface area contributed by atoms with Gasteiger partial charge in [0.15, 0.2) is 0 Å². The van der Waals surface area contributed by atoms with Crippen LogP contribution in [0, 0.1) is 6.07 Å². The third-order valence-corrected chi connectivity index (χ3v) is 4.29. The minimum absolute atomic E-state index is 0. The van der Waals surface area contributed by atoms with Crippen LogP contribution in [-0.2, 0) is 39.7 Å². The van der Waals surface area contributed by atoms with Gasteiger partial charge in [-0.2, -0.15) is 0 Å². The number of fused-ring (bicyclic) bond motifs is 5. The van der Waals surface area contributed by atoms with Crippen LogP contribution < -0.4 is 37.2 Å². The number of benzene rings is 2. The molecule has 0 atom stereocenters. The quantitative estimate of drug-likeness (QED) is 0.217. The Morgan fingerprint density at radius 1 is 1.14 bits per heavy atom. The van der Waals surface area contributed by atoms with Crippen molar-refractivity contribution in [1.82, 2.24) is 4.57 Å². The molecule has 1 aliphatic carbocycles. The Bertz CT molecular complexity index is 801. The van der Waals surface area contributed by atoms with E-state index in [1.807, 2.05) is 6.07 Å². The summed E-state index contributed by atoms with van der Waals surface area (Å²) in [5.41, 5.74) is 6.83. The third kappa shape index (κ3) is 3.21. The summed E-state index contributed by atoms with van der Waals surface area (Å²) < 4.78 is 3.38. The molecule has 1 nitrogen and oxygen atoms in total. The van der Waals surface area contributed by atoms with Gasteiger partial charge in [-0.15, -0.1) is 39.5 Å². The molecule has 22 heavy (non-hydrogen) atoms. The molecule has 0 spiro atoms. The van der Waals surface area contributed by atoms with Gasteiger partial charge in [0.2, 0.25) is 0 Å². The topological polar surface area (TPSA) is 4.93 Å². The van der Waals surface area contributed by atoms with Crippen LogP contribution >= 0.6 is 15.9 Å². The van der Waals surface area contributed by atoms with Crippen LogP contribution in [0.2, 0.25) is 0 Å². The molecule has 0 unspecified atom stereocenters. The van der Waals surface area contributed by atoms with E-state index in [9.17, 15) is 0 Å². The van der Waals surface area contributed by atoms with Crippen LogP contribution in [0.25, 0.3) is 22.0 Å². The smallest absolute Gasteiger partial charge is 1.00 e. The van der Waals surface area contributed by atoms with Gasteiger partial charge in [-0.3, -0.25) is 0 Å². The molecule has 0 bridgehead atoms. The molecular formula is C16H11BrCl3NZr. The summed E-state index contributed by atoms with van der Waals surface area (Å²) in [7, 11) is 2.15. The first-order valence-corrected chi connectivity index (χ1v) is 6.82. The van der Waals surface area contributed by atoms with Crippen LogP contribution in [0.4, 0.5) is 0 Å². The zero-order valence-electron chi connectivity index (χ0n) is 11.6. The van der Waals surface area contributed by atoms with Gasteiger partial charge in [-0.05, 0) is 16.8 Å². The summed E-state index contributed by atoms with van der Waals surface area (Å²) >= 11 is 3.53. The largest absolute Gasteiger partial charge is 4.00 e. The summed E-state index contributed by atoms with van der Waals surface area (Å²) in [4.78, 5) is 0. The van der Waals surface area contributed by atoms with Gasteiger partial charge < -0.3 is 41.8 Å². The maximum absolute atomic E-state index is 3.53. The molecule has 3 aromatic rings. The normalized spacial score (nSPS) is 10.5. The minimum Gasteiger partial charge on any atom is -1.00 e. The number of hydrogen-bond acceptors (Lipinski definition) is 0. The first-order valence-electron chi connectivity index (χ1n) is 6.02. The fraction of sp³-hybridized carbons (Fsp3) is 0.125. The van der Waals surface area contributed by atoms with Crippen LogP contribution in [0.3, 0.4) is 0 Å². The van der Waals surface area contributed by atoms with Gasteiger partial charge >= 0.3 is 26.2 Å². The molecule has 0 saturated carbocycles. The van der Waals surface area contributed by atoms with Crippen molar-refractivity contribution in [2.45, 2.75) is 6.42 Å². The van der Waals surface area contributed by atoms with Crippen LogP contribution in [-0.4, -0.2) is 4.57 Å². The van der Waals surface area contributed by atoms with E-state index >= 15 is 0 Å². The zero-order valence-corrected chi connectivity index (χ0v) is 17.9. The Kier molecular flexibility index (Phi) is 8.43. The Balaban J connectivity index is 0.00000110. The van der Waals surface area contributed by atoms with Crippen LogP contribution in [0.15, 0.2) is 40.9 Å². The molecular weight excluding hydrogens is 484 g/mol. The predicted octanol–water partition coefficient (Wildman–Crippen LogP) is -4.68. The summed E-state index contributed by atoms with van der Waals surface area (Å²) in [6.45, 7) is 0. The van der Waals surface area contributed by atoms with Gasteiger partial charge in [-0.1, -0.05) is 39.9 Å². The van der Waals surface area contributed by atoms with E-state index in [-0.39, 0.29) is 63.4 Å². The summed E-state index contributed by atoms with van der Waals surface area (Å²) in [6.07, 6.45) is 1.03. The molecule has 0 amide bonds. The second kappa shape index (κ2) is 8.35. The summed E-state index contributed by atoms with van der Waals surface area (Å²) in [5, 5.41) is 1.24. The van der Waals surface area contributed by atoms with E-state index in [4.69, 9.17) is 0 Å². The summed E-state index contributed by atoms with van der Waals surface area (Å²) in [6, 6.07) is 16.3. The minimum atomic E-state index is 0. The first kappa shape index (κ1) is 22.2. The second-order valence-electron chi connectivity index (χ2n) is 4.79. The molecule has 4 rings (SSSR count). The molecule has 0 fully saturated rings. The molecule has 0 aliphatic heterocycles. The van der Waals surface area contributed by atoms with Crippen molar-refractivity contribution in [2.24, 2.45) is 7.05 Å². The Morgan fingerprint density at radius 2 is 1.82 bits per heavy atom. The zero-order chi connectivity index (χ0) is 12.3. The fourth-order valence-electron chi connectivity index (χ4n) is 2.98. The molecule has 1 aliphatic rings. The molecule has 0 radical (unpaired) electrons. The van der Waals surface area contributed by atoms with Crippen molar-refractivity contribution in [3.8, 4) is 11.1 Å². The van der Waals surface area contributed by atoms with E-state index in [0.29, 0.717) is 0 Å². The number of hydrogen-bond donors (Lipinski definition) is 0. The van der Waals surface area contributed by atoms with Crippen molar-refractivity contribution in [3.05, 3.63) is 58.2 Å². The SMILES string of the molecule is Cn1c2c(c3[c-]cc(Br)cc31)-c1ccccc1C2.[Cl-].[Cl-].[Cl-].[Zr+4]. The van der Waals surface area contributed by atoms with Crippen molar-refractivity contribution >= 4 is 26.8 Å². The Labute approximate surface area is 176 Å². The molecule has 112 valence electrons. The van der Waals surface area contributed by atoms with Gasteiger partial charge in [0.05, 0.1) is 0 Å².